The Bertz CT molecular complexity index is 1230. The van der Waals surface area contributed by atoms with Gasteiger partial charge < -0.3 is 20.0 Å². The minimum absolute atomic E-state index is 0.0225. The Morgan fingerprint density at radius 3 is 2.63 bits per heavy atom. The topological polar surface area (TPSA) is 141 Å². The van der Waals surface area contributed by atoms with Crippen molar-refractivity contribution in [3.05, 3.63) is 72.3 Å². The molecule has 1 unspecified atom stereocenters. The number of furan rings is 1. The monoisotopic (exact) mass is 404 g/mol. The number of Topliss-reactive ketones (excluding diaryl/α,β-unsaturated/α-hetero) is 1. The average Bonchev–Trinajstić information content (AvgIpc) is 3.41. The first-order chi connectivity index (χ1) is 14.5. The van der Waals surface area contributed by atoms with Gasteiger partial charge >= 0.3 is 0 Å². The van der Waals surface area contributed by atoms with Crippen molar-refractivity contribution in [1.29, 1.82) is 0 Å². The molecule has 9 nitrogen and oxygen atoms in total. The number of primary amides is 1. The van der Waals surface area contributed by atoms with Gasteiger partial charge in [-0.2, -0.15) is 0 Å². The Morgan fingerprint density at radius 1 is 1.07 bits per heavy atom. The summed E-state index contributed by atoms with van der Waals surface area (Å²) in [4.78, 5) is 40.9. The van der Waals surface area contributed by atoms with Crippen LogP contribution in [0.5, 0.6) is 0 Å². The van der Waals surface area contributed by atoms with E-state index in [-0.39, 0.29) is 17.7 Å². The number of carbonyl (C=O) groups excluding carboxylic acids is 3. The molecule has 30 heavy (non-hydrogen) atoms. The Kier molecular flexibility index (Phi) is 5.08. The lowest BCUT2D eigenvalue weighted by atomic mass is 10.0. The van der Waals surface area contributed by atoms with Gasteiger partial charge in [0.1, 0.15) is 29.1 Å². The molecule has 3 heterocycles. The average molecular weight is 404 g/mol. The van der Waals surface area contributed by atoms with E-state index in [4.69, 9.17) is 14.7 Å². The molecule has 3 N–H and O–H groups in total. The standard InChI is InChI=1S/C21H16N4O5/c22-20(27)19(26)16(9-12-10-29-17-7-2-1-5-13(12)17)24-21(28)14-11-30-25-18(14)15-6-3-4-8-23-15/h1-8,10-11,16H,9H2,(H2,22,27)(H,24,28). The maximum absolute atomic E-state index is 12.9. The van der Waals surface area contributed by atoms with Crippen LogP contribution >= 0.6 is 0 Å². The predicted octanol–water partition coefficient (Wildman–Crippen LogP) is 1.88. The molecule has 0 aliphatic rings. The van der Waals surface area contributed by atoms with Crippen molar-refractivity contribution >= 4 is 28.6 Å². The Labute approximate surface area is 169 Å². The van der Waals surface area contributed by atoms with Gasteiger partial charge in [-0.1, -0.05) is 29.4 Å². The second kappa shape index (κ2) is 8.00. The van der Waals surface area contributed by atoms with Crippen LogP contribution in [-0.2, 0) is 16.0 Å². The molecule has 1 aromatic carbocycles. The number of nitrogens with zero attached hydrogens (tertiary/aromatic N) is 2. The number of amides is 2. The van der Waals surface area contributed by atoms with Crippen LogP contribution in [0.3, 0.4) is 0 Å². The van der Waals surface area contributed by atoms with Crippen molar-refractivity contribution in [2.75, 3.05) is 0 Å². The number of hydrogen-bond donors (Lipinski definition) is 2. The van der Waals surface area contributed by atoms with Gasteiger partial charge in [-0.05, 0) is 18.2 Å². The fourth-order valence-electron chi connectivity index (χ4n) is 3.11. The lowest BCUT2D eigenvalue weighted by Gasteiger charge is -2.15. The lowest BCUT2D eigenvalue weighted by Crippen LogP contribution is -2.47. The third-order valence-corrected chi connectivity index (χ3v) is 4.57. The largest absolute Gasteiger partial charge is 0.464 e. The number of benzene rings is 1. The molecular weight excluding hydrogens is 388 g/mol. The normalized spacial score (nSPS) is 11.9. The molecule has 0 saturated heterocycles. The van der Waals surface area contributed by atoms with E-state index in [9.17, 15) is 14.4 Å². The van der Waals surface area contributed by atoms with Crippen LogP contribution in [-0.4, -0.2) is 33.8 Å². The molecule has 0 aliphatic carbocycles. The molecular formula is C21H16N4O5. The first-order valence-electron chi connectivity index (χ1n) is 9.00. The number of rotatable bonds is 7. The zero-order chi connectivity index (χ0) is 21.1. The van der Waals surface area contributed by atoms with Gasteiger partial charge in [-0.3, -0.25) is 19.4 Å². The molecule has 1 atom stereocenters. The third kappa shape index (κ3) is 3.68. The van der Waals surface area contributed by atoms with Crippen LogP contribution in [0.25, 0.3) is 22.4 Å². The van der Waals surface area contributed by atoms with E-state index in [0.717, 1.165) is 11.6 Å². The number of fused-ring (bicyclic) bond motifs is 1. The first kappa shape index (κ1) is 19.1. The highest BCUT2D eigenvalue weighted by molar-refractivity contribution is 6.38. The van der Waals surface area contributed by atoms with Crippen molar-refractivity contribution in [2.45, 2.75) is 12.5 Å². The third-order valence-electron chi connectivity index (χ3n) is 4.57. The van der Waals surface area contributed by atoms with Crippen LogP contribution in [0.1, 0.15) is 15.9 Å². The fourth-order valence-corrected chi connectivity index (χ4v) is 3.11. The van der Waals surface area contributed by atoms with Gasteiger partial charge in [0.05, 0.1) is 12.0 Å². The van der Waals surface area contributed by atoms with Gasteiger partial charge in [-0.25, -0.2) is 0 Å². The summed E-state index contributed by atoms with van der Waals surface area (Å²) < 4.78 is 10.4. The summed E-state index contributed by atoms with van der Waals surface area (Å²) in [5.41, 5.74) is 7.19. The highest BCUT2D eigenvalue weighted by Gasteiger charge is 2.29. The van der Waals surface area contributed by atoms with Gasteiger partial charge in [-0.15, -0.1) is 0 Å². The number of para-hydroxylation sites is 1. The molecule has 0 aliphatic heterocycles. The van der Waals surface area contributed by atoms with Gasteiger partial charge in [0, 0.05) is 23.6 Å². The Morgan fingerprint density at radius 2 is 1.87 bits per heavy atom. The smallest absolute Gasteiger partial charge is 0.287 e. The molecule has 4 rings (SSSR count). The first-order valence-corrected chi connectivity index (χ1v) is 9.00. The number of pyridine rings is 1. The number of nitrogens with two attached hydrogens (primary N) is 1. The van der Waals surface area contributed by atoms with E-state index in [2.05, 4.69) is 15.5 Å². The van der Waals surface area contributed by atoms with Crippen LogP contribution in [0.2, 0.25) is 0 Å². The van der Waals surface area contributed by atoms with Crippen LogP contribution in [0.15, 0.2) is 70.1 Å². The molecule has 4 aromatic rings. The minimum atomic E-state index is -1.19. The summed E-state index contributed by atoms with van der Waals surface area (Å²) >= 11 is 0. The molecule has 0 bridgehead atoms. The van der Waals surface area contributed by atoms with E-state index in [0.29, 0.717) is 16.8 Å². The quantitative estimate of drug-likeness (QED) is 0.448. The van der Waals surface area contributed by atoms with E-state index < -0.39 is 23.6 Å². The maximum Gasteiger partial charge on any atom is 0.287 e. The maximum atomic E-state index is 12.9. The molecule has 0 spiro atoms. The zero-order valence-corrected chi connectivity index (χ0v) is 15.6. The van der Waals surface area contributed by atoms with Gasteiger partial charge in [0.15, 0.2) is 0 Å². The molecule has 9 heteroatoms. The van der Waals surface area contributed by atoms with E-state index in [1.165, 1.54) is 6.26 Å². The summed E-state index contributed by atoms with van der Waals surface area (Å²) in [7, 11) is 0. The minimum Gasteiger partial charge on any atom is -0.464 e. The molecule has 0 fully saturated rings. The van der Waals surface area contributed by atoms with Crippen LogP contribution in [0, 0.1) is 0 Å². The van der Waals surface area contributed by atoms with Crippen molar-refractivity contribution in [1.82, 2.24) is 15.5 Å². The van der Waals surface area contributed by atoms with Gasteiger partial charge in [0.2, 0.25) is 5.78 Å². The molecule has 2 amide bonds. The van der Waals surface area contributed by atoms with Gasteiger partial charge in [0.25, 0.3) is 11.8 Å². The molecule has 150 valence electrons. The number of nitrogens with one attached hydrogen (secondary N) is 1. The van der Waals surface area contributed by atoms with Crippen molar-refractivity contribution in [3.63, 3.8) is 0 Å². The number of carbonyl (C=O) groups is 3. The van der Waals surface area contributed by atoms with E-state index in [1.807, 2.05) is 18.2 Å². The number of hydrogen-bond acceptors (Lipinski definition) is 7. The Hall–Kier alpha value is -4.27. The van der Waals surface area contributed by atoms with E-state index >= 15 is 0 Å². The summed E-state index contributed by atoms with van der Waals surface area (Å²) in [6, 6.07) is 11.2. The lowest BCUT2D eigenvalue weighted by molar-refractivity contribution is -0.137. The highest BCUT2D eigenvalue weighted by atomic mass is 16.5. The Balaban J connectivity index is 1.62. The summed E-state index contributed by atoms with van der Waals surface area (Å²) in [5, 5.41) is 7.15. The molecule has 3 aromatic heterocycles. The summed E-state index contributed by atoms with van der Waals surface area (Å²) in [6.07, 6.45) is 4.21. The fraction of sp³-hybridized carbons (Fsp3) is 0.0952. The summed E-state index contributed by atoms with van der Waals surface area (Å²) in [6.45, 7) is 0. The number of ketones is 1. The van der Waals surface area contributed by atoms with Crippen molar-refractivity contribution in [3.8, 4) is 11.4 Å². The van der Waals surface area contributed by atoms with Crippen molar-refractivity contribution < 1.29 is 23.3 Å². The molecule has 0 saturated carbocycles. The second-order valence-corrected chi connectivity index (χ2v) is 6.51. The van der Waals surface area contributed by atoms with Crippen molar-refractivity contribution in [2.24, 2.45) is 5.73 Å². The number of aromatic nitrogens is 2. The second-order valence-electron chi connectivity index (χ2n) is 6.51. The summed E-state index contributed by atoms with van der Waals surface area (Å²) in [5.74, 6) is -2.72. The predicted molar refractivity (Wildman–Crippen MR) is 105 cm³/mol. The van der Waals surface area contributed by atoms with Crippen LogP contribution < -0.4 is 11.1 Å². The SMILES string of the molecule is NC(=O)C(=O)C(Cc1coc2ccccc12)NC(=O)c1conc1-c1ccccn1. The molecule has 0 radical (unpaired) electrons. The van der Waals surface area contributed by atoms with Crippen LogP contribution in [0.4, 0.5) is 0 Å². The highest BCUT2D eigenvalue weighted by Crippen LogP contribution is 2.23. The van der Waals surface area contributed by atoms with E-state index in [1.54, 1.807) is 30.5 Å². The zero-order valence-electron chi connectivity index (χ0n) is 15.6.